The van der Waals surface area contributed by atoms with Crippen LogP contribution in [-0.2, 0) is 11.2 Å². The lowest BCUT2D eigenvalue weighted by Crippen LogP contribution is -1.92. The molecule has 0 N–H and O–H groups in total. The minimum absolute atomic E-state index is 0.450. The highest BCUT2D eigenvalue weighted by Crippen LogP contribution is 2.19. The minimum atomic E-state index is 0.450. The normalized spacial score (nSPS) is 10.7. The average molecular weight is 253 g/mol. The Labute approximate surface area is 89.9 Å². The van der Waals surface area contributed by atoms with Crippen LogP contribution in [0.25, 0.3) is 5.52 Å². The van der Waals surface area contributed by atoms with Crippen LogP contribution in [0.3, 0.4) is 0 Å². The van der Waals surface area contributed by atoms with E-state index >= 15 is 0 Å². The molecule has 2 heterocycles. The highest BCUT2D eigenvalue weighted by Gasteiger charge is 2.05. The van der Waals surface area contributed by atoms with Crippen molar-refractivity contribution in [3.63, 3.8) is 0 Å². The van der Waals surface area contributed by atoms with Crippen LogP contribution in [0, 0.1) is 6.92 Å². The van der Waals surface area contributed by atoms with Gasteiger partial charge in [-0.15, -0.1) is 0 Å². The predicted molar refractivity (Wildman–Crippen MR) is 57.4 cm³/mol. The van der Waals surface area contributed by atoms with Gasteiger partial charge in [0, 0.05) is 12.6 Å². The first-order valence-electron chi connectivity index (χ1n) is 4.29. The maximum Gasteiger partial charge on any atom is 0.132 e. The van der Waals surface area contributed by atoms with Crippen molar-refractivity contribution in [2.75, 3.05) is 0 Å². The highest BCUT2D eigenvalue weighted by atomic mass is 79.9. The maximum atomic E-state index is 10.4. The summed E-state index contributed by atoms with van der Waals surface area (Å²) in [6.07, 6.45) is 3.30. The van der Waals surface area contributed by atoms with Crippen molar-refractivity contribution in [2.24, 2.45) is 0 Å². The molecular weight excluding hydrogens is 244 g/mol. The van der Waals surface area contributed by atoms with Crippen LogP contribution in [-0.4, -0.2) is 15.7 Å². The molecule has 0 atom stereocenters. The van der Waals surface area contributed by atoms with Crippen molar-refractivity contribution in [3.05, 3.63) is 34.3 Å². The molecule has 0 unspecified atom stereocenters. The molecule has 0 bridgehead atoms. The number of rotatable bonds is 2. The quantitative estimate of drug-likeness (QED) is 0.768. The average Bonchev–Trinajstić information content (AvgIpc) is 2.43. The van der Waals surface area contributed by atoms with Crippen LogP contribution >= 0.6 is 15.9 Å². The second kappa shape index (κ2) is 3.53. The van der Waals surface area contributed by atoms with E-state index in [9.17, 15) is 4.79 Å². The number of aryl methyl sites for hydroxylation is 1. The molecule has 0 aliphatic heterocycles. The zero-order valence-electron chi connectivity index (χ0n) is 7.70. The summed E-state index contributed by atoms with van der Waals surface area (Å²) >= 11 is 3.38. The number of carbonyl (C=O) groups is 1. The van der Waals surface area contributed by atoms with Gasteiger partial charge in [0.25, 0.3) is 0 Å². The third kappa shape index (κ3) is 1.46. The van der Waals surface area contributed by atoms with Crippen molar-refractivity contribution in [3.8, 4) is 0 Å². The summed E-state index contributed by atoms with van der Waals surface area (Å²) in [5.41, 5.74) is 2.03. The Balaban J connectivity index is 2.64. The summed E-state index contributed by atoms with van der Waals surface area (Å²) < 4.78 is 2.82. The lowest BCUT2D eigenvalue weighted by molar-refractivity contribution is -0.107. The SMILES string of the molecule is Cc1nc(Br)c2ccc(CC=O)cn12. The molecule has 2 rings (SSSR count). The van der Waals surface area contributed by atoms with Gasteiger partial charge < -0.3 is 9.20 Å². The number of aldehydes is 1. The first-order chi connectivity index (χ1) is 6.72. The lowest BCUT2D eigenvalue weighted by Gasteiger charge is -1.99. The number of halogens is 1. The Kier molecular flexibility index (Phi) is 2.37. The fourth-order valence-corrected chi connectivity index (χ4v) is 2.03. The molecule has 2 aromatic rings. The van der Waals surface area contributed by atoms with Gasteiger partial charge in [0.1, 0.15) is 16.7 Å². The lowest BCUT2D eigenvalue weighted by atomic mass is 10.2. The monoisotopic (exact) mass is 252 g/mol. The first-order valence-corrected chi connectivity index (χ1v) is 5.08. The number of hydrogen-bond donors (Lipinski definition) is 0. The number of nitrogens with zero attached hydrogens (tertiary/aromatic N) is 2. The number of hydrogen-bond acceptors (Lipinski definition) is 2. The topological polar surface area (TPSA) is 34.4 Å². The van der Waals surface area contributed by atoms with Crippen molar-refractivity contribution in [1.29, 1.82) is 0 Å². The van der Waals surface area contributed by atoms with Gasteiger partial charge in [-0.3, -0.25) is 0 Å². The van der Waals surface area contributed by atoms with E-state index in [4.69, 9.17) is 0 Å². The van der Waals surface area contributed by atoms with Crippen LogP contribution in [0.4, 0.5) is 0 Å². The zero-order valence-corrected chi connectivity index (χ0v) is 9.28. The van der Waals surface area contributed by atoms with Crippen molar-refractivity contribution < 1.29 is 4.79 Å². The van der Waals surface area contributed by atoms with E-state index in [-0.39, 0.29) is 0 Å². The summed E-state index contributed by atoms with van der Waals surface area (Å²) in [6.45, 7) is 1.93. The molecule has 14 heavy (non-hydrogen) atoms. The molecule has 0 fully saturated rings. The summed E-state index contributed by atoms with van der Waals surface area (Å²) in [5.74, 6) is 0.916. The molecule has 0 saturated heterocycles. The highest BCUT2D eigenvalue weighted by molar-refractivity contribution is 9.10. The number of imidazole rings is 1. The van der Waals surface area contributed by atoms with E-state index in [2.05, 4.69) is 20.9 Å². The molecule has 4 heteroatoms. The summed E-state index contributed by atoms with van der Waals surface area (Å²) in [5, 5.41) is 0. The number of fused-ring (bicyclic) bond motifs is 1. The zero-order chi connectivity index (χ0) is 10.1. The Hall–Kier alpha value is -1.16. The number of pyridine rings is 1. The van der Waals surface area contributed by atoms with Crippen LogP contribution < -0.4 is 0 Å². The number of carbonyl (C=O) groups excluding carboxylic acids is 1. The van der Waals surface area contributed by atoms with Crippen molar-refractivity contribution in [1.82, 2.24) is 9.38 Å². The molecule has 72 valence electrons. The second-order valence-electron chi connectivity index (χ2n) is 3.11. The summed E-state index contributed by atoms with van der Waals surface area (Å²) in [7, 11) is 0. The van der Waals surface area contributed by atoms with Gasteiger partial charge in [0.05, 0.1) is 5.52 Å². The second-order valence-corrected chi connectivity index (χ2v) is 3.86. The van der Waals surface area contributed by atoms with Crippen LogP contribution in [0.1, 0.15) is 11.4 Å². The molecule has 0 saturated carbocycles. The van der Waals surface area contributed by atoms with Crippen molar-refractivity contribution in [2.45, 2.75) is 13.3 Å². The Morgan fingerprint density at radius 1 is 1.57 bits per heavy atom. The molecule has 0 spiro atoms. The molecular formula is C10H9BrN2O. The van der Waals surface area contributed by atoms with E-state index < -0.39 is 0 Å². The number of aromatic nitrogens is 2. The van der Waals surface area contributed by atoms with Crippen LogP contribution in [0.15, 0.2) is 22.9 Å². The Bertz CT molecular complexity index is 490. The van der Waals surface area contributed by atoms with E-state index in [1.54, 1.807) is 0 Å². The largest absolute Gasteiger partial charge is 0.303 e. The smallest absolute Gasteiger partial charge is 0.132 e. The first kappa shape index (κ1) is 9.40. The van der Waals surface area contributed by atoms with Gasteiger partial charge in [-0.2, -0.15) is 0 Å². The standard InChI is InChI=1S/C10H9BrN2O/c1-7-12-10(11)9-3-2-8(4-5-14)6-13(7)9/h2-3,5-6H,4H2,1H3. The van der Waals surface area contributed by atoms with E-state index in [1.165, 1.54) is 0 Å². The summed E-state index contributed by atoms with van der Waals surface area (Å²) in [6, 6.07) is 3.90. The molecule has 2 aromatic heterocycles. The van der Waals surface area contributed by atoms with Crippen LogP contribution in [0.5, 0.6) is 0 Å². The van der Waals surface area contributed by atoms with Gasteiger partial charge in [-0.25, -0.2) is 4.98 Å². The van der Waals surface area contributed by atoms with Gasteiger partial charge in [-0.05, 0) is 34.5 Å². The van der Waals surface area contributed by atoms with E-state index in [0.717, 1.165) is 27.8 Å². The summed E-state index contributed by atoms with van der Waals surface area (Å²) in [4.78, 5) is 14.6. The fourth-order valence-electron chi connectivity index (χ4n) is 1.45. The van der Waals surface area contributed by atoms with Gasteiger partial charge in [0.15, 0.2) is 0 Å². The molecule has 3 nitrogen and oxygen atoms in total. The van der Waals surface area contributed by atoms with E-state index in [1.807, 2.05) is 29.7 Å². The third-order valence-corrected chi connectivity index (χ3v) is 2.73. The Morgan fingerprint density at radius 2 is 2.36 bits per heavy atom. The molecule has 0 aliphatic carbocycles. The fraction of sp³-hybridized carbons (Fsp3) is 0.200. The van der Waals surface area contributed by atoms with E-state index in [0.29, 0.717) is 6.42 Å². The molecule has 0 aromatic carbocycles. The minimum Gasteiger partial charge on any atom is -0.303 e. The predicted octanol–water partition coefficient (Wildman–Crippen LogP) is 2.15. The van der Waals surface area contributed by atoms with Crippen molar-refractivity contribution >= 4 is 27.7 Å². The van der Waals surface area contributed by atoms with Gasteiger partial charge in [0.2, 0.25) is 0 Å². The third-order valence-electron chi connectivity index (χ3n) is 2.15. The molecule has 0 aliphatic rings. The van der Waals surface area contributed by atoms with Gasteiger partial charge >= 0.3 is 0 Å². The Morgan fingerprint density at radius 3 is 3.07 bits per heavy atom. The van der Waals surface area contributed by atoms with Crippen LogP contribution in [0.2, 0.25) is 0 Å². The maximum absolute atomic E-state index is 10.4. The molecule has 0 radical (unpaired) electrons. The molecule has 0 amide bonds. The van der Waals surface area contributed by atoms with Gasteiger partial charge in [-0.1, -0.05) is 6.07 Å².